The van der Waals surface area contributed by atoms with E-state index < -0.39 is 0 Å². The lowest BCUT2D eigenvalue weighted by Gasteiger charge is -2.08. The largest absolute Gasteiger partial charge is 0.496 e. The highest BCUT2D eigenvalue weighted by Gasteiger charge is 2.13. The first-order valence-electron chi connectivity index (χ1n) is 5.71. The molecule has 0 bridgehead atoms. The number of ketones is 1. The average Bonchev–Trinajstić information content (AvgIpc) is 2.38. The van der Waals surface area contributed by atoms with Crippen LogP contribution in [0, 0.1) is 3.57 Å². The molecular formula is C15H12ClIO2. The van der Waals surface area contributed by atoms with Gasteiger partial charge in [-0.2, -0.15) is 0 Å². The van der Waals surface area contributed by atoms with Crippen molar-refractivity contribution in [1.82, 2.24) is 0 Å². The van der Waals surface area contributed by atoms with Crippen LogP contribution >= 0.6 is 34.2 Å². The van der Waals surface area contributed by atoms with Gasteiger partial charge in [-0.3, -0.25) is 4.79 Å². The second kappa shape index (κ2) is 6.39. The highest BCUT2D eigenvalue weighted by atomic mass is 127. The van der Waals surface area contributed by atoms with Gasteiger partial charge in [0.1, 0.15) is 5.75 Å². The van der Waals surface area contributed by atoms with Gasteiger partial charge in [0.2, 0.25) is 0 Å². The van der Waals surface area contributed by atoms with Crippen molar-refractivity contribution in [3.63, 3.8) is 0 Å². The van der Waals surface area contributed by atoms with Crippen LogP contribution in [0.15, 0.2) is 42.5 Å². The summed E-state index contributed by atoms with van der Waals surface area (Å²) in [6, 6.07) is 12.9. The maximum Gasteiger partial charge on any atom is 0.170 e. The zero-order valence-electron chi connectivity index (χ0n) is 10.3. The minimum atomic E-state index is 0.0256. The number of halogens is 2. The molecule has 4 heteroatoms. The van der Waals surface area contributed by atoms with Crippen LogP contribution in [0.2, 0.25) is 5.02 Å². The molecule has 0 aliphatic heterocycles. The molecule has 0 atom stereocenters. The van der Waals surface area contributed by atoms with Crippen LogP contribution in [0.4, 0.5) is 0 Å². The third-order valence-electron chi connectivity index (χ3n) is 2.72. The molecule has 2 aromatic rings. The van der Waals surface area contributed by atoms with E-state index in [4.69, 9.17) is 16.3 Å². The highest BCUT2D eigenvalue weighted by Crippen LogP contribution is 2.23. The van der Waals surface area contributed by atoms with Crippen molar-refractivity contribution in [3.05, 3.63) is 62.2 Å². The summed E-state index contributed by atoms with van der Waals surface area (Å²) in [4.78, 5) is 12.3. The lowest BCUT2D eigenvalue weighted by molar-refractivity contribution is 0.0990. The Bertz CT molecular complexity index is 611. The molecule has 0 radical (unpaired) electrons. The Morgan fingerprint density at radius 1 is 1.26 bits per heavy atom. The third kappa shape index (κ3) is 3.70. The Morgan fingerprint density at radius 3 is 2.74 bits per heavy atom. The number of ether oxygens (including phenoxy) is 1. The van der Waals surface area contributed by atoms with Crippen LogP contribution in [-0.2, 0) is 6.42 Å². The summed E-state index contributed by atoms with van der Waals surface area (Å²) in [6.45, 7) is 0. The molecular weight excluding hydrogens is 375 g/mol. The van der Waals surface area contributed by atoms with Gasteiger partial charge in [-0.1, -0.05) is 23.7 Å². The lowest BCUT2D eigenvalue weighted by atomic mass is 10.0. The van der Waals surface area contributed by atoms with Crippen molar-refractivity contribution in [2.45, 2.75) is 6.42 Å². The standard InChI is InChI=1S/C15H12ClIO2/c1-19-15-6-5-12(17)9-13(15)14(18)8-10-3-2-4-11(16)7-10/h2-7,9H,8H2,1H3. The molecule has 0 fully saturated rings. The zero-order chi connectivity index (χ0) is 13.8. The molecule has 2 nitrogen and oxygen atoms in total. The average molecular weight is 387 g/mol. The van der Waals surface area contributed by atoms with Crippen LogP contribution < -0.4 is 4.74 Å². The lowest BCUT2D eigenvalue weighted by Crippen LogP contribution is -2.06. The van der Waals surface area contributed by atoms with Gasteiger partial charge in [-0.15, -0.1) is 0 Å². The SMILES string of the molecule is COc1ccc(I)cc1C(=O)Cc1cccc(Cl)c1. The summed E-state index contributed by atoms with van der Waals surface area (Å²) in [6.07, 6.45) is 0.316. The Morgan fingerprint density at radius 2 is 2.05 bits per heavy atom. The van der Waals surface area contributed by atoms with Crippen molar-refractivity contribution in [2.24, 2.45) is 0 Å². The Hall–Kier alpha value is -1.07. The quantitative estimate of drug-likeness (QED) is 0.576. The minimum absolute atomic E-state index is 0.0256. The van der Waals surface area contributed by atoms with E-state index in [-0.39, 0.29) is 5.78 Å². The number of Topliss-reactive ketones (excluding diaryl/α,β-unsaturated/α-hetero) is 1. The van der Waals surface area contributed by atoms with Gasteiger partial charge in [0, 0.05) is 15.0 Å². The Balaban J connectivity index is 2.27. The number of carbonyl (C=O) groups excluding carboxylic acids is 1. The molecule has 0 saturated carbocycles. The van der Waals surface area contributed by atoms with Crippen LogP contribution in [0.25, 0.3) is 0 Å². The van der Waals surface area contributed by atoms with Crippen LogP contribution in [-0.4, -0.2) is 12.9 Å². The normalized spacial score (nSPS) is 10.3. The number of hydrogen-bond donors (Lipinski definition) is 0. The van der Waals surface area contributed by atoms with Crippen LogP contribution in [0.5, 0.6) is 5.75 Å². The Labute approximate surface area is 130 Å². The molecule has 0 aliphatic carbocycles. The maximum absolute atomic E-state index is 12.3. The fourth-order valence-corrected chi connectivity index (χ4v) is 2.53. The number of rotatable bonds is 4. The van der Waals surface area contributed by atoms with Crippen LogP contribution in [0.1, 0.15) is 15.9 Å². The molecule has 0 saturated heterocycles. The van der Waals surface area contributed by atoms with Crippen LogP contribution in [0.3, 0.4) is 0 Å². The number of hydrogen-bond acceptors (Lipinski definition) is 2. The second-order valence-electron chi connectivity index (χ2n) is 4.07. The third-order valence-corrected chi connectivity index (χ3v) is 3.62. The maximum atomic E-state index is 12.3. The van der Waals surface area contributed by atoms with E-state index in [0.717, 1.165) is 9.13 Å². The summed E-state index contributed by atoms with van der Waals surface area (Å²) in [5.74, 6) is 0.630. The molecule has 2 rings (SSSR count). The predicted octanol–water partition coefficient (Wildman–Crippen LogP) is 4.38. The summed E-state index contributed by atoms with van der Waals surface area (Å²) >= 11 is 8.10. The molecule has 2 aromatic carbocycles. The number of carbonyl (C=O) groups is 1. The van der Waals surface area contributed by atoms with E-state index in [2.05, 4.69) is 22.6 Å². The number of methoxy groups -OCH3 is 1. The fraction of sp³-hybridized carbons (Fsp3) is 0.133. The van der Waals surface area contributed by atoms with E-state index >= 15 is 0 Å². The molecule has 0 N–H and O–H groups in total. The monoisotopic (exact) mass is 386 g/mol. The first kappa shape index (κ1) is 14.3. The van der Waals surface area contributed by atoms with Crippen molar-refractivity contribution in [2.75, 3.05) is 7.11 Å². The van der Waals surface area contributed by atoms with E-state index in [1.54, 1.807) is 19.2 Å². The minimum Gasteiger partial charge on any atom is -0.496 e. The van der Waals surface area contributed by atoms with Gasteiger partial charge in [0.05, 0.1) is 12.7 Å². The summed E-state index contributed by atoms with van der Waals surface area (Å²) in [5.41, 5.74) is 1.51. The molecule has 0 amide bonds. The summed E-state index contributed by atoms with van der Waals surface area (Å²) in [7, 11) is 1.57. The first-order valence-corrected chi connectivity index (χ1v) is 7.17. The Kier molecular flexibility index (Phi) is 4.82. The van der Waals surface area contributed by atoms with Crippen molar-refractivity contribution < 1.29 is 9.53 Å². The summed E-state index contributed by atoms with van der Waals surface area (Å²) in [5, 5.41) is 0.639. The predicted molar refractivity (Wildman–Crippen MR) is 85.2 cm³/mol. The van der Waals surface area contributed by atoms with Crippen molar-refractivity contribution in [3.8, 4) is 5.75 Å². The van der Waals surface area contributed by atoms with E-state index in [1.807, 2.05) is 30.3 Å². The topological polar surface area (TPSA) is 26.3 Å². The fourth-order valence-electron chi connectivity index (χ4n) is 1.83. The van der Waals surface area contributed by atoms with Gasteiger partial charge in [0.25, 0.3) is 0 Å². The van der Waals surface area contributed by atoms with Gasteiger partial charge >= 0.3 is 0 Å². The second-order valence-corrected chi connectivity index (χ2v) is 5.76. The van der Waals surface area contributed by atoms with Gasteiger partial charge in [-0.25, -0.2) is 0 Å². The van der Waals surface area contributed by atoms with Gasteiger partial charge in [0.15, 0.2) is 5.78 Å². The molecule has 0 aliphatic rings. The summed E-state index contributed by atoms with van der Waals surface area (Å²) < 4.78 is 6.24. The van der Waals surface area contributed by atoms with Gasteiger partial charge in [-0.05, 0) is 58.5 Å². The van der Waals surface area contributed by atoms with Crippen molar-refractivity contribution >= 4 is 40.0 Å². The molecule has 0 unspecified atom stereocenters. The first-order chi connectivity index (χ1) is 9.10. The zero-order valence-corrected chi connectivity index (χ0v) is 13.2. The smallest absolute Gasteiger partial charge is 0.170 e. The molecule has 19 heavy (non-hydrogen) atoms. The molecule has 0 aromatic heterocycles. The van der Waals surface area contributed by atoms with E-state index in [9.17, 15) is 4.79 Å². The molecule has 0 heterocycles. The van der Waals surface area contributed by atoms with E-state index in [0.29, 0.717) is 22.8 Å². The molecule has 98 valence electrons. The highest BCUT2D eigenvalue weighted by molar-refractivity contribution is 14.1. The number of benzene rings is 2. The van der Waals surface area contributed by atoms with E-state index in [1.165, 1.54) is 0 Å². The van der Waals surface area contributed by atoms with Crippen molar-refractivity contribution in [1.29, 1.82) is 0 Å². The molecule has 0 spiro atoms. The van der Waals surface area contributed by atoms with Gasteiger partial charge < -0.3 is 4.74 Å².